The summed E-state index contributed by atoms with van der Waals surface area (Å²) in [5.74, 6) is -0.695. The molecule has 6 rings (SSSR count). The summed E-state index contributed by atoms with van der Waals surface area (Å²) in [6.07, 6.45) is 5.05. The molecule has 5 heteroatoms. The lowest BCUT2D eigenvalue weighted by Crippen LogP contribution is -2.43. The van der Waals surface area contributed by atoms with Crippen molar-refractivity contribution in [2.75, 3.05) is 6.54 Å². The highest BCUT2D eigenvalue weighted by Crippen LogP contribution is 2.52. The maximum Gasteiger partial charge on any atom is 0.243 e. The summed E-state index contributed by atoms with van der Waals surface area (Å²) >= 11 is 0. The molecule has 0 spiro atoms. The third-order valence-corrected chi connectivity index (χ3v) is 7.26. The molecule has 3 amide bonds. The molecule has 2 aliphatic carbocycles. The normalized spacial score (nSPS) is 28.4. The molecule has 2 aromatic rings. The van der Waals surface area contributed by atoms with Crippen LogP contribution >= 0.6 is 0 Å². The second-order valence-electron chi connectivity index (χ2n) is 8.83. The van der Waals surface area contributed by atoms with Crippen LogP contribution in [0.5, 0.6) is 0 Å². The van der Waals surface area contributed by atoms with Gasteiger partial charge in [0.05, 0.1) is 11.8 Å². The molecule has 2 bridgehead atoms. The Morgan fingerprint density at radius 1 is 0.800 bits per heavy atom. The van der Waals surface area contributed by atoms with Crippen molar-refractivity contribution in [3.05, 3.63) is 71.8 Å². The molecule has 2 aliphatic heterocycles. The standard InChI is InChI=1S/C25H22N2O3/c28-21(14-27-24(29)22-15-9-10-16(11-15)23(22)25(27)30)26-12-17-5-1-3-7-19(17)20-8-4-2-6-18(20)13-26/h1-10,15-16,22-23H,11-14H2. The van der Waals surface area contributed by atoms with Gasteiger partial charge in [-0.3, -0.25) is 19.3 Å². The van der Waals surface area contributed by atoms with Crippen LogP contribution in [0.15, 0.2) is 60.7 Å². The van der Waals surface area contributed by atoms with E-state index in [1.165, 1.54) is 4.90 Å². The molecule has 150 valence electrons. The van der Waals surface area contributed by atoms with Crippen molar-refractivity contribution in [1.82, 2.24) is 9.80 Å². The molecule has 4 atom stereocenters. The minimum Gasteiger partial charge on any atom is -0.332 e. The Morgan fingerprint density at radius 3 is 1.83 bits per heavy atom. The van der Waals surface area contributed by atoms with E-state index in [1.54, 1.807) is 4.90 Å². The maximum atomic E-state index is 13.3. The number of nitrogens with zero attached hydrogens (tertiary/aromatic N) is 2. The maximum absolute atomic E-state index is 13.3. The van der Waals surface area contributed by atoms with Crippen LogP contribution in [0.3, 0.4) is 0 Å². The lowest BCUT2D eigenvalue weighted by molar-refractivity contribution is -0.147. The van der Waals surface area contributed by atoms with E-state index in [2.05, 4.69) is 24.3 Å². The number of rotatable bonds is 2. The fraction of sp³-hybridized carbons (Fsp3) is 0.320. The Balaban J connectivity index is 1.28. The van der Waals surface area contributed by atoms with Crippen molar-refractivity contribution in [3.63, 3.8) is 0 Å². The van der Waals surface area contributed by atoms with Crippen molar-refractivity contribution in [1.29, 1.82) is 0 Å². The Kier molecular flexibility index (Phi) is 3.76. The number of imide groups is 1. The molecule has 1 saturated carbocycles. The van der Waals surface area contributed by atoms with Crippen molar-refractivity contribution >= 4 is 17.7 Å². The molecule has 0 N–H and O–H groups in total. The van der Waals surface area contributed by atoms with Gasteiger partial charge in [0.15, 0.2) is 0 Å². The molecule has 0 aromatic heterocycles. The number of hydrogen-bond acceptors (Lipinski definition) is 3. The van der Waals surface area contributed by atoms with Gasteiger partial charge in [-0.2, -0.15) is 0 Å². The van der Waals surface area contributed by atoms with E-state index in [1.807, 2.05) is 36.4 Å². The minimum atomic E-state index is -0.258. The zero-order valence-electron chi connectivity index (χ0n) is 16.5. The third kappa shape index (κ3) is 2.44. The van der Waals surface area contributed by atoms with Crippen LogP contribution in [-0.4, -0.2) is 34.1 Å². The molecular weight excluding hydrogens is 376 g/mol. The first-order valence-corrected chi connectivity index (χ1v) is 10.6. The summed E-state index contributed by atoms with van der Waals surface area (Å²) in [4.78, 5) is 42.2. The number of amides is 3. The topological polar surface area (TPSA) is 57.7 Å². The number of likely N-dealkylation sites (tertiary alicyclic amines) is 1. The predicted octanol–water partition coefficient (Wildman–Crippen LogP) is 3.00. The Morgan fingerprint density at radius 2 is 1.30 bits per heavy atom. The van der Waals surface area contributed by atoms with Crippen LogP contribution in [-0.2, 0) is 27.5 Å². The predicted molar refractivity (Wildman–Crippen MR) is 111 cm³/mol. The van der Waals surface area contributed by atoms with Gasteiger partial charge in [-0.15, -0.1) is 0 Å². The number of carbonyl (C=O) groups excluding carboxylic acids is 3. The molecule has 0 radical (unpaired) electrons. The van der Waals surface area contributed by atoms with Gasteiger partial charge in [-0.1, -0.05) is 60.7 Å². The van der Waals surface area contributed by atoms with E-state index >= 15 is 0 Å². The summed E-state index contributed by atoms with van der Waals surface area (Å²) < 4.78 is 0. The van der Waals surface area contributed by atoms with Crippen molar-refractivity contribution in [2.24, 2.45) is 23.7 Å². The van der Waals surface area contributed by atoms with Crippen LogP contribution in [0.2, 0.25) is 0 Å². The van der Waals surface area contributed by atoms with Crippen molar-refractivity contribution in [2.45, 2.75) is 19.5 Å². The first-order chi connectivity index (χ1) is 14.6. The smallest absolute Gasteiger partial charge is 0.243 e. The Bertz CT molecular complexity index is 1040. The zero-order valence-corrected chi connectivity index (χ0v) is 16.5. The number of fused-ring (bicyclic) bond motifs is 8. The molecule has 30 heavy (non-hydrogen) atoms. The second kappa shape index (κ2) is 6.39. The molecule has 2 heterocycles. The van der Waals surface area contributed by atoms with Crippen molar-refractivity contribution < 1.29 is 14.4 Å². The fourth-order valence-electron chi connectivity index (χ4n) is 5.84. The highest BCUT2D eigenvalue weighted by molar-refractivity contribution is 6.08. The largest absolute Gasteiger partial charge is 0.332 e. The van der Waals surface area contributed by atoms with E-state index in [4.69, 9.17) is 0 Å². The van der Waals surface area contributed by atoms with Gasteiger partial charge < -0.3 is 4.90 Å². The minimum absolute atomic E-state index is 0.158. The highest BCUT2D eigenvalue weighted by atomic mass is 16.2. The van der Waals surface area contributed by atoms with Gasteiger partial charge in [0.1, 0.15) is 6.54 Å². The lowest BCUT2D eigenvalue weighted by atomic mass is 9.85. The van der Waals surface area contributed by atoms with Crippen LogP contribution in [0.25, 0.3) is 11.1 Å². The molecule has 5 nitrogen and oxygen atoms in total. The monoisotopic (exact) mass is 398 g/mol. The van der Waals surface area contributed by atoms with E-state index in [0.717, 1.165) is 28.7 Å². The lowest BCUT2D eigenvalue weighted by Gasteiger charge is -2.25. The molecule has 2 fully saturated rings. The highest BCUT2D eigenvalue weighted by Gasteiger charge is 2.59. The van der Waals surface area contributed by atoms with Gasteiger partial charge in [0.2, 0.25) is 17.7 Å². The number of hydrogen-bond donors (Lipinski definition) is 0. The average Bonchev–Trinajstić information content (AvgIpc) is 3.40. The van der Waals surface area contributed by atoms with Gasteiger partial charge >= 0.3 is 0 Å². The van der Waals surface area contributed by atoms with Gasteiger partial charge in [-0.25, -0.2) is 0 Å². The van der Waals surface area contributed by atoms with Crippen LogP contribution in [0.1, 0.15) is 17.5 Å². The Labute approximate surface area is 175 Å². The van der Waals surface area contributed by atoms with Crippen molar-refractivity contribution in [3.8, 4) is 11.1 Å². The summed E-state index contributed by atoms with van der Waals surface area (Å²) in [6.45, 7) is 0.785. The van der Waals surface area contributed by atoms with Crippen LogP contribution < -0.4 is 0 Å². The van der Waals surface area contributed by atoms with Gasteiger partial charge in [0, 0.05) is 13.1 Å². The average molecular weight is 398 g/mol. The molecule has 4 unspecified atom stereocenters. The summed E-state index contributed by atoms with van der Waals surface area (Å²) in [7, 11) is 0. The number of carbonyl (C=O) groups is 3. The van der Waals surface area contributed by atoms with Gasteiger partial charge in [-0.05, 0) is 40.5 Å². The summed E-state index contributed by atoms with van der Waals surface area (Å²) in [5, 5.41) is 0. The van der Waals surface area contributed by atoms with E-state index in [-0.39, 0.29) is 47.9 Å². The SMILES string of the molecule is O=C(CN1C(=O)C2C3C=CC(C3)C2C1=O)N1Cc2ccccc2-c2ccccc2C1. The Hall–Kier alpha value is -3.21. The number of benzene rings is 2. The fourth-order valence-corrected chi connectivity index (χ4v) is 5.84. The second-order valence-corrected chi connectivity index (χ2v) is 8.83. The molecular formula is C25H22N2O3. The quantitative estimate of drug-likeness (QED) is 0.577. The van der Waals surface area contributed by atoms with E-state index in [0.29, 0.717) is 13.1 Å². The molecule has 2 aromatic carbocycles. The van der Waals surface area contributed by atoms with Crippen LogP contribution in [0.4, 0.5) is 0 Å². The number of allylic oxidation sites excluding steroid dienone is 2. The van der Waals surface area contributed by atoms with Gasteiger partial charge in [0.25, 0.3) is 0 Å². The van der Waals surface area contributed by atoms with Crippen LogP contribution in [0, 0.1) is 23.7 Å². The van der Waals surface area contributed by atoms with E-state index in [9.17, 15) is 14.4 Å². The molecule has 1 saturated heterocycles. The third-order valence-electron chi connectivity index (χ3n) is 7.26. The van der Waals surface area contributed by atoms with E-state index < -0.39 is 0 Å². The summed E-state index contributed by atoms with van der Waals surface area (Å²) in [5.41, 5.74) is 4.42. The first-order valence-electron chi connectivity index (χ1n) is 10.6. The molecule has 4 aliphatic rings. The zero-order chi connectivity index (χ0) is 20.4. The summed E-state index contributed by atoms with van der Waals surface area (Å²) in [6, 6.07) is 16.2. The first kappa shape index (κ1) is 17.6.